The number of amides is 1. The van der Waals surface area contributed by atoms with Crippen molar-refractivity contribution in [2.24, 2.45) is 50.2 Å². The summed E-state index contributed by atoms with van der Waals surface area (Å²) in [4.78, 5) is 62.3. The van der Waals surface area contributed by atoms with Gasteiger partial charge in [-0.1, -0.05) is 53.2 Å². The van der Waals surface area contributed by atoms with Crippen LogP contribution in [-0.2, 0) is 42.8 Å². The van der Waals surface area contributed by atoms with Gasteiger partial charge >= 0.3 is 128 Å². The van der Waals surface area contributed by atoms with Gasteiger partial charge in [0.05, 0.1) is 43.0 Å². The van der Waals surface area contributed by atoms with Crippen molar-refractivity contribution in [2.45, 2.75) is 258 Å². The Morgan fingerprint density at radius 1 is 0.718 bits per heavy atom. The summed E-state index contributed by atoms with van der Waals surface area (Å²) in [5, 5.41) is 105. The van der Waals surface area contributed by atoms with E-state index in [9.17, 15) is 60.3 Å². The van der Waals surface area contributed by atoms with Gasteiger partial charge in [-0.2, -0.15) is 0 Å². The van der Waals surface area contributed by atoms with Gasteiger partial charge in [0.1, 0.15) is 60.5 Å². The third kappa shape index (κ3) is 12.2. The molecule has 5 aliphatic carbocycles. The summed E-state index contributed by atoms with van der Waals surface area (Å²) in [6, 6.07) is 6.57. The quantitative estimate of drug-likeness (QED) is 0.0249. The van der Waals surface area contributed by atoms with E-state index in [-0.39, 0.29) is 53.1 Å². The predicted octanol–water partition coefficient (Wildman–Crippen LogP) is 3.85. The second-order valence-electron chi connectivity index (χ2n) is 29.5. The molecule has 0 spiro atoms. The van der Waals surface area contributed by atoms with Gasteiger partial charge in [-0.3, -0.25) is 9.59 Å². The fourth-order valence-corrected chi connectivity index (χ4v) is 20.6. The predicted molar refractivity (Wildman–Crippen MR) is 312 cm³/mol. The Hall–Kier alpha value is -2.52. The number of fused-ring (bicyclic) bond motifs is 7. The van der Waals surface area contributed by atoms with Crippen LogP contribution in [0.1, 0.15) is 155 Å². The number of unbranched alkanes of at least 4 members (excludes halogenated alkanes) is 3. The minimum atomic E-state index is -2.27. The van der Waals surface area contributed by atoms with Crippen LogP contribution in [0.5, 0.6) is 0 Å². The molecule has 9 rings (SSSR count). The molecule has 1 aromatic rings. The minimum absolute atomic E-state index is 0.0120. The first kappa shape index (κ1) is 66.9. The Morgan fingerprint density at radius 3 is 2.04 bits per heavy atom. The standard InChI is InChI=1S/C61H90NO19.3CH3.Sn/c1-32-50(79-52-48(73)45(70)37(66)30-76-52)47(72)49(74)53(77-32)80-51-46(71)44(62-43(69)18-14-9-8-13-17-36(65)33-15-11-10-12-16-33)38(29-63)78-54(51)81-55(75)61-26-25-56(2,3)27-35(61)34-19-20-40-57(4)23-22-41(67)58(5,31-64)39(57)21-24-59(40,6)60(34,7)28-42(61)68;;;;/h11-12,15-16,19,31-32,35,37-42,44-54,63,66-68,70-74H,8-9,13-14,17-18,20-30H2,1-7H3,(H,62,69);3*1H3;/t32?,35?,37-,38?,39-,40?,41+,42?,44+,45?,46?,47?,48?,49?,50+,51?,52+,53+,54+,57?,58-,59+,60-,61-;;;;/m1..../s1. The van der Waals surface area contributed by atoms with E-state index >= 15 is 4.79 Å². The van der Waals surface area contributed by atoms with Crippen LogP contribution in [0.15, 0.2) is 35.9 Å². The molecule has 1 aromatic carbocycles. The number of rotatable bonds is 18. The van der Waals surface area contributed by atoms with Crippen molar-refractivity contribution in [3.8, 4) is 0 Å². The molecule has 1 amide bonds. The number of carbonyl (C=O) groups is 4. The van der Waals surface area contributed by atoms with Crippen molar-refractivity contribution in [1.82, 2.24) is 5.32 Å². The summed E-state index contributed by atoms with van der Waals surface area (Å²) in [5.41, 5.74) is -2.24. The average Bonchev–Trinajstić information content (AvgIpc) is 0.851. The monoisotopic (exact) mass is 1310 g/mol. The van der Waals surface area contributed by atoms with E-state index in [1.807, 2.05) is 19.1 Å². The third-order valence-electron chi connectivity index (χ3n) is 22.9. The molecular formula is C64H99NO19Sn. The molecule has 3 saturated heterocycles. The van der Waals surface area contributed by atoms with E-state index in [1.165, 1.54) is 10.5 Å². The van der Waals surface area contributed by atoms with Crippen LogP contribution in [0, 0.1) is 50.2 Å². The number of benzene rings is 1. The van der Waals surface area contributed by atoms with Gasteiger partial charge in [-0.25, -0.2) is 0 Å². The van der Waals surface area contributed by atoms with Gasteiger partial charge < -0.3 is 84.5 Å². The number of carbonyl (C=O) groups excluding carboxylic acids is 4. The van der Waals surface area contributed by atoms with E-state index in [0.717, 1.165) is 24.7 Å². The van der Waals surface area contributed by atoms with Crippen molar-refractivity contribution in [3.05, 3.63) is 41.5 Å². The number of aldehydes is 1. The molecule has 3 heterocycles. The SMILES string of the molecule is CC1O[C@@H](OC2C(O)[C@@H](NC(=O)CCCCCCC(=O)c3cc[c]([Sn]([CH3])([CH3])[CH3])cc3)C(CO)O[C@H]2OC(=O)[C@]23CCC(C)(C)CC2C2=CCC4C5(C)CC[C@H](O)[C@](C)(C=O)[C@@H]5CC[C@]4(C)[C@]2(C)CC3O)C(O)C(O)[C@H]1O[C@@H]1OC[C@@H](O)C(O)C1O. The number of aliphatic hydroxyl groups excluding tert-OH is 9. The van der Waals surface area contributed by atoms with Crippen LogP contribution in [0.25, 0.3) is 0 Å². The average molecular weight is 1310 g/mol. The number of Topliss-reactive ketones (excluding diaryl/α,β-unsaturated/α-hetero) is 1. The molecule has 0 aromatic heterocycles. The Morgan fingerprint density at radius 2 is 1.38 bits per heavy atom. The topological polar surface area (TPSA) is 318 Å². The summed E-state index contributed by atoms with van der Waals surface area (Å²) in [5.74, 6) is -1.74. The zero-order chi connectivity index (χ0) is 62.1. The first-order valence-corrected chi connectivity index (χ1v) is 41.4. The van der Waals surface area contributed by atoms with Crippen molar-refractivity contribution in [3.63, 3.8) is 0 Å². The van der Waals surface area contributed by atoms with Crippen LogP contribution in [-0.4, -0.2) is 200 Å². The number of nitrogens with one attached hydrogen (secondary N) is 1. The van der Waals surface area contributed by atoms with Crippen LogP contribution >= 0.6 is 0 Å². The Balaban J connectivity index is 0.948. The molecule has 85 heavy (non-hydrogen) atoms. The van der Waals surface area contributed by atoms with E-state index in [2.05, 4.69) is 73.0 Å². The van der Waals surface area contributed by atoms with Crippen molar-refractivity contribution in [2.75, 3.05) is 13.2 Å². The van der Waals surface area contributed by atoms with Crippen LogP contribution in [0.4, 0.5) is 0 Å². The third-order valence-corrected chi connectivity index (χ3v) is 28.8. The summed E-state index contributed by atoms with van der Waals surface area (Å²) in [7, 11) is 0. The van der Waals surface area contributed by atoms with Crippen LogP contribution in [0.3, 0.4) is 0 Å². The number of allylic oxidation sites excluding steroid dienone is 2. The molecule has 4 saturated carbocycles. The van der Waals surface area contributed by atoms with Crippen LogP contribution < -0.4 is 8.90 Å². The van der Waals surface area contributed by atoms with Gasteiger partial charge in [-0.05, 0) is 104 Å². The largest absolute Gasteiger partial charge is 0.432 e. The van der Waals surface area contributed by atoms with E-state index in [4.69, 9.17) is 28.4 Å². The molecule has 8 aliphatic rings. The molecule has 12 unspecified atom stereocenters. The second-order valence-corrected chi connectivity index (χ2v) is 44.0. The molecular weight excluding hydrogens is 1210 g/mol. The minimum Gasteiger partial charge on any atom is -0.432 e. The maximum absolute atomic E-state index is 15.7. The molecule has 0 radical (unpaired) electrons. The fraction of sp³-hybridized carbons (Fsp3) is 0.812. The number of hydrogen-bond acceptors (Lipinski definition) is 19. The van der Waals surface area contributed by atoms with E-state index < -0.39 is 164 Å². The van der Waals surface area contributed by atoms with Crippen molar-refractivity contribution >= 4 is 45.9 Å². The maximum Gasteiger partial charge on any atom is 0.317 e. The van der Waals surface area contributed by atoms with Gasteiger partial charge in [0.15, 0.2) is 18.7 Å². The fourth-order valence-electron chi connectivity index (χ4n) is 17.3. The van der Waals surface area contributed by atoms with Crippen molar-refractivity contribution in [1.29, 1.82) is 0 Å². The first-order chi connectivity index (χ1) is 39.8. The van der Waals surface area contributed by atoms with E-state index in [1.54, 1.807) is 0 Å². The second kappa shape index (κ2) is 25.3. The number of ether oxygens (including phenoxy) is 6. The summed E-state index contributed by atoms with van der Waals surface area (Å²) < 4.78 is 37.9. The summed E-state index contributed by atoms with van der Waals surface area (Å²) >= 11 is -2.27. The van der Waals surface area contributed by atoms with Crippen molar-refractivity contribution < 1.29 is 93.6 Å². The zero-order valence-corrected chi connectivity index (χ0v) is 54.4. The molecule has 24 atom stereocenters. The molecule has 3 aliphatic heterocycles. The van der Waals surface area contributed by atoms with E-state index in [0.29, 0.717) is 69.8 Å². The molecule has 478 valence electrons. The smallest absolute Gasteiger partial charge is 0.317 e. The maximum atomic E-state index is 15.7. The Labute approximate surface area is 505 Å². The first-order valence-electron chi connectivity index (χ1n) is 31.4. The van der Waals surface area contributed by atoms with Gasteiger partial charge in [0, 0.05) is 0 Å². The summed E-state index contributed by atoms with van der Waals surface area (Å²) in [6.45, 7) is 13.3. The normalized spacial score (nSPS) is 45.2. The summed E-state index contributed by atoms with van der Waals surface area (Å²) in [6.07, 6.45) is -12.4. The van der Waals surface area contributed by atoms with Crippen LogP contribution in [0.2, 0.25) is 14.8 Å². The molecule has 0 bridgehead atoms. The number of aliphatic hydroxyl groups is 9. The Kier molecular flexibility index (Phi) is 19.9. The van der Waals surface area contributed by atoms with Gasteiger partial charge in [0.2, 0.25) is 6.29 Å². The molecule has 20 nitrogen and oxygen atoms in total. The number of esters is 1. The molecule has 7 fully saturated rings. The molecule has 21 heteroatoms. The zero-order valence-electron chi connectivity index (χ0n) is 51.6. The Bertz CT molecular complexity index is 2600. The van der Waals surface area contributed by atoms with Gasteiger partial charge in [-0.15, -0.1) is 0 Å². The molecule has 10 N–H and O–H groups in total. The van der Waals surface area contributed by atoms with Gasteiger partial charge in [0.25, 0.3) is 0 Å². The number of ketones is 1. The number of hydrogen-bond donors (Lipinski definition) is 10.